The van der Waals surface area contributed by atoms with Gasteiger partial charge in [0.2, 0.25) is 0 Å². The number of hydrogen-bond acceptors (Lipinski definition) is 8. The molecule has 3 aromatic heterocycles. The number of nitrogens with one attached hydrogen (secondary N) is 1. The van der Waals surface area contributed by atoms with Crippen molar-refractivity contribution in [1.82, 2.24) is 29.9 Å². The molecule has 3 N–H and O–H groups in total. The SMILES string of the molecule is Nc1c(Nc2nc3ccccc3s2)ncnc1-n1nnc2ccccc21. The van der Waals surface area contributed by atoms with Crippen LogP contribution < -0.4 is 11.1 Å². The molecule has 0 bridgehead atoms. The summed E-state index contributed by atoms with van der Waals surface area (Å²) < 4.78 is 2.70. The van der Waals surface area contributed by atoms with Gasteiger partial charge in [-0.25, -0.2) is 15.0 Å². The highest BCUT2D eigenvalue weighted by Gasteiger charge is 2.15. The van der Waals surface area contributed by atoms with E-state index in [0.29, 0.717) is 22.5 Å². The molecule has 5 aromatic rings. The van der Waals surface area contributed by atoms with E-state index < -0.39 is 0 Å². The lowest BCUT2D eigenvalue weighted by Crippen LogP contribution is -2.08. The van der Waals surface area contributed by atoms with Crippen LogP contribution in [-0.4, -0.2) is 29.9 Å². The van der Waals surface area contributed by atoms with Crippen molar-refractivity contribution >= 4 is 49.2 Å². The van der Waals surface area contributed by atoms with Crippen molar-refractivity contribution in [3.63, 3.8) is 0 Å². The smallest absolute Gasteiger partial charge is 0.189 e. The molecule has 0 aliphatic carbocycles. The molecule has 0 radical (unpaired) electrons. The minimum Gasteiger partial charge on any atom is -0.393 e. The molecule has 0 spiro atoms. The van der Waals surface area contributed by atoms with Gasteiger partial charge < -0.3 is 11.1 Å². The van der Waals surface area contributed by atoms with Crippen LogP contribution in [0.3, 0.4) is 0 Å². The highest BCUT2D eigenvalue weighted by atomic mass is 32.1. The fourth-order valence-corrected chi connectivity index (χ4v) is 3.57. The van der Waals surface area contributed by atoms with Crippen LogP contribution in [0.25, 0.3) is 27.1 Å². The number of nitrogens with zero attached hydrogens (tertiary/aromatic N) is 6. The number of thiazole rings is 1. The van der Waals surface area contributed by atoms with Crippen molar-refractivity contribution in [2.45, 2.75) is 0 Å². The highest BCUT2D eigenvalue weighted by molar-refractivity contribution is 7.22. The Morgan fingerprint density at radius 3 is 2.65 bits per heavy atom. The molecule has 0 atom stereocenters. The normalized spacial score (nSPS) is 11.2. The predicted molar refractivity (Wildman–Crippen MR) is 102 cm³/mol. The zero-order valence-electron chi connectivity index (χ0n) is 13.4. The summed E-state index contributed by atoms with van der Waals surface area (Å²) in [5, 5.41) is 12.2. The van der Waals surface area contributed by atoms with Crippen LogP contribution in [0.1, 0.15) is 0 Å². The molecule has 5 rings (SSSR count). The van der Waals surface area contributed by atoms with Crippen molar-refractivity contribution in [3.05, 3.63) is 54.9 Å². The minimum absolute atomic E-state index is 0.377. The minimum atomic E-state index is 0.377. The zero-order valence-corrected chi connectivity index (χ0v) is 14.2. The van der Waals surface area contributed by atoms with E-state index in [1.54, 1.807) is 4.68 Å². The van der Waals surface area contributed by atoms with E-state index in [1.165, 1.54) is 17.7 Å². The van der Waals surface area contributed by atoms with E-state index >= 15 is 0 Å². The monoisotopic (exact) mass is 360 g/mol. The van der Waals surface area contributed by atoms with Gasteiger partial charge in [0.25, 0.3) is 0 Å². The standard InChI is InChI=1S/C17H12N8S/c18-14-15(22-17-21-11-6-2-4-8-13(11)26-17)19-9-20-16(14)25-12-7-3-1-5-10(12)23-24-25/h1-9H,18H2,(H,19,20,21,22). The lowest BCUT2D eigenvalue weighted by molar-refractivity contribution is 0.800. The van der Waals surface area contributed by atoms with Gasteiger partial charge in [-0.1, -0.05) is 40.8 Å². The Bertz CT molecular complexity index is 1210. The second-order valence-electron chi connectivity index (χ2n) is 5.56. The Labute approximate surface area is 151 Å². The molecular weight excluding hydrogens is 348 g/mol. The number of rotatable bonds is 3. The van der Waals surface area contributed by atoms with Crippen LogP contribution in [0.4, 0.5) is 16.6 Å². The predicted octanol–water partition coefficient (Wildman–Crippen LogP) is 3.15. The maximum atomic E-state index is 6.31. The van der Waals surface area contributed by atoms with E-state index in [9.17, 15) is 0 Å². The molecule has 0 aliphatic rings. The van der Waals surface area contributed by atoms with Crippen molar-refractivity contribution in [3.8, 4) is 5.82 Å². The van der Waals surface area contributed by atoms with Gasteiger partial charge in [0.05, 0.1) is 15.7 Å². The summed E-state index contributed by atoms with van der Waals surface area (Å²) >= 11 is 1.53. The van der Waals surface area contributed by atoms with E-state index in [4.69, 9.17) is 5.73 Å². The quantitative estimate of drug-likeness (QED) is 0.509. The van der Waals surface area contributed by atoms with Crippen molar-refractivity contribution in [1.29, 1.82) is 0 Å². The molecule has 3 heterocycles. The van der Waals surface area contributed by atoms with Crippen molar-refractivity contribution in [2.24, 2.45) is 0 Å². The molecular formula is C17H12N8S. The first-order valence-electron chi connectivity index (χ1n) is 7.83. The molecule has 0 saturated carbocycles. The summed E-state index contributed by atoms with van der Waals surface area (Å²) in [5.41, 5.74) is 9.20. The molecule has 9 heteroatoms. The number of para-hydroxylation sites is 2. The van der Waals surface area contributed by atoms with E-state index in [0.717, 1.165) is 21.3 Å². The molecule has 8 nitrogen and oxygen atoms in total. The molecule has 0 aliphatic heterocycles. The molecule has 0 amide bonds. The lowest BCUT2D eigenvalue weighted by Gasteiger charge is -2.09. The van der Waals surface area contributed by atoms with Crippen molar-refractivity contribution < 1.29 is 0 Å². The first-order valence-corrected chi connectivity index (χ1v) is 8.65. The number of aromatic nitrogens is 6. The zero-order chi connectivity index (χ0) is 17.5. The number of nitrogens with two attached hydrogens (primary N) is 1. The molecule has 126 valence electrons. The first-order chi connectivity index (χ1) is 12.8. The topological polar surface area (TPSA) is 107 Å². The Balaban J connectivity index is 1.58. The lowest BCUT2D eigenvalue weighted by atomic mass is 10.3. The second kappa shape index (κ2) is 5.74. The molecule has 26 heavy (non-hydrogen) atoms. The summed E-state index contributed by atoms with van der Waals surface area (Å²) in [6.07, 6.45) is 1.44. The summed E-state index contributed by atoms with van der Waals surface area (Å²) in [7, 11) is 0. The van der Waals surface area contributed by atoms with Gasteiger partial charge >= 0.3 is 0 Å². The Morgan fingerprint density at radius 1 is 0.962 bits per heavy atom. The first kappa shape index (κ1) is 14.7. The average molecular weight is 360 g/mol. The molecule has 0 unspecified atom stereocenters. The van der Waals surface area contributed by atoms with Crippen LogP contribution in [-0.2, 0) is 0 Å². The highest BCUT2D eigenvalue weighted by Crippen LogP contribution is 2.31. The number of benzene rings is 2. The van der Waals surface area contributed by atoms with Gasteiger partial charge in [-0.2, -0.15) is 4.68 Å². The van der Waals surface area contributed by atoms with E-state index in [2.05, 4.69) is 30.6 Å². The van der Waals surface area contributed by atoms with Crippen LogP contribution in [0.15, 0.2) is 54.9 Å². The van der Waals surface area contributed by atoms with Crippen LogP contribution in [0.5, 0.6) is 0 Å². The average Bonchev–Trinajstić information content (AvgIpc) is 3.27. The number of hydrogen-bond donors (Lipinski definition) is 2. The van der Waals surface area contributed by atoms with Gasteiger partial charge in [-0.3, -0.25) is 0 Å². The molecule has 0 fully saturated rings. The fraction of sp³-hybridized carbons (Fsp3) is 0. The van der Waals surface area contributed by atoms with Gasteiger partial charge in [0.1, 0.15) is 17.5 Å². The Hall–Kier alpha value is -3.59. The fourth-order valence-electron chi connectivity index (χ4n) is 2.71. The summed E-state index contributed by atoms with van der Waals surface area (Å²) in [6.45, 7) is 0. The largest absolute Gasteiger partial charge is 0.393 e. The maximum absolute atomic E-state index is 6.31. The van der Waals surface area contributed by atoms with E-state index in [-0.39, 0.29) is 0 Å². The molecule has 0 saturated heterocycles. The molecule has 2 aromatic carbocycles. The summed E-state index contributed by atoms with van der Waals surface area (Å²) in [4.78, 5) is 13.1. The number of anilines is 3. The van der Waals surface area contributed by atoms with Gasteiger partial charge in [0, 0.05) is 0 Å². The van der Waals surface area contributed by atoms with Gasteiger partial charge in [0.15, 0.2) is 16.8 Å². The van der Waals surface area contributed by atoms with Crippen LogP contribution in [0.2, 0.25) is 0 Å². The summed E-state index contributed by atoms with van der Waals surface area (Å²) in [5.74, 6) is 0.950. The third-order valence-electron chi connectivity index (χ3n) is 3.93. The third kappa shape index (κ3) is 2.33. The van der Waals surface area contributed by atoms with Crippen LogP contribution >= 0.6 is 11.3 Å². The number of fused-ring (bicyclic) bond motifs is 2. The van der Waals surface area contributed by atoms with Gasteiger partial charge in [-0.05, 0) is 24.3 Å². The van der Waals surface area contributed by atoms with Crippen molar-refractivity contribution in [2.75, 3.05) is 11.1 Å². The number of nitrogen functional groups attached to an aromatic ring is 1. The van der Waals surface area contributed by atoms with Crippen LogP contribution in [0, 0.1) is 0 Å². The van der Waals surface area contributed by atoms with E-state index in [1.807, 2.05) is 48.5 Å². The Kier molecular flexibility index (Phi) is 3.25. The van der Waals surface area contributed by atoms with Gasteiger partial charge in [-0.15, -0.1) is 5.10 Å². The Morgan fingerprint density at radius 2 is 1.77 bits per heavy atom. The third-order valence-corrected chi connectivity index (χ3v) is 4.89. The summed E-state index contributed by atoms with van der Waals surface area (Å²) in [6, 6.07) is 15.6. The maximum Gasteiger partial charge on any atom is 0.189 e. The second-order valence-corrected chi connectivity index (χ2v) is 6.59.